The van der Waals surface area contributed by atoms with E-state index in [-0.39, 0.29) is 11.6 Å². The molecule has 0 heterocycles. The van der Waals surface area contributed by atoms with Crippen molar-refractivity contribution in [3.8, 4) is 11.5 Å². The van der Waals surface area contributed by atoms with Crippen LogP contribution >= 0.6 is 7.60 Å². The fraction of sp³-hybridized carbons (Fsp3) is 0.212. The van der Waals surface area contributed by atoms with Gasteiger partial charge in [-0.05, 0) is 112 Å². The van der Waals surface area contributed by atoms with Crippen LogP contribution in [0.4, 0.5) is 0 Å². The van der Waals surface area contributed by atoms with Gasteiger partial charge in [0.05, 0.1) is 6.66 Å². The van der Waals surface area contributed by atoms with E-state index in [4.69, 9.17) is 9.05 Å². The Morgan fingerprint density at radius 3 is 1.10 bits per heavy atom. The van der Waals surface area contributed by atoms with E-state index >= 15 is 0 Å². The molecule has 0 aromatic heterocycles. The Labute approximate surface area is 230 Å². The van der Waals surface area contributed by atoms with Crippen molar-refractivity contribution in [1.82, 2.24) is 0 Å². The second-order valence-corrected chi connectivity index (χ2v) is 12.1. The molecule has 0 fully saturated rings. The Morgan fingerprint density at radius 2 is 0.821 bits per heavy atom. The molecule has 0 amide bonds. The van der Waals surface area contributed by atoms with E-state index in [1.54, 1.807) is 48.5 Å². The zero-order valence-electron chi connectivity index (χ0n) is 23.4. The fourth-order valence-electron chi connectivity index (χ4n) is 5.10. The molecule has 5 nitrogen and oxygen atoms in total. The molecule has 6 heteroatoms. The first kappa shape index (κ1) is 28.1. The van der Waals surface area contributed by atoms with E-state index < -0.39 is 7.60 Å². The molecule has 0 saturated heterocycles. The highest BCUT2D eigenvalue weighted by Gasteiger charge is 2.22. The van der Waals surface area contributed by atoms with E-state index in [0.717, 1.165) is 33.4 Å². The third-order valence-electron chi connectivity index (χ3n) is 6.58. The van der Waals surface area contributed by atoms with Gasteiger partial charge < -0.3 is 9.05 Å². The molecule has 0 bridgehead atoms. The van der Waals surface area contributed by atoms with Crippen LogP contribution in [0.1, 0.15) is 65.2 Å². The minimum atomic E-state index is -3.54. The molecule has 0 N–H and O–H groups in total. The summed E-state index contributed by atoms with van der Waals surface area (Å²) >= 11 is 0. The number of hydrogen-bond donors (Lipinski definition) is 0. The predicted molar refractivity (Wildman–Crippen MR) is 156 cm³/mol. The van der Waals surface area contributed by atoms with Crippen LogP contribution in [0.5, 0.6) is 11.5 Å². The average molecular weight is 541 g/mol. The van der Waals surface area contributed by atoms with Crippen molar-refractivity contribution in [2.24, 2.45) is 0 Å². The van der Waals surface area contributed by atoms with Gasteiger partial charge in [-0.25, -0.2) is 4.57 Å². The number of ketones is 2. The molecule has 0 spiro atoms. The molecule has 0 aliphatic rings. The van der Waals surface area contributed by atoms with Gasteiger partial charge in [-0.15, -0.1) is 0 Å². The van der Waals surface area contributed by atoms with Crippen molar-refractivity contribution in [2.75, 3.05) is 6.66 Å². The van der Waals surface area contributed by atoms with Crippen molar-refractivity contribution in [3.05, 3.63) is 128 Å². The van der Waals surface area contributed by atoms with Gasteiger partial charge in [0.15, 0.2) is 11.6 Å². The molecule has 0 radical (unpaired) electrons. The fourth-order valence-corrected chi connectivity index (χ4v) is 6.15. The van der Waals surface area contributed by atoms with Gasteiger partial charge in [-0.3, -0.25) is 9.59 Å². The summed E-state index contributed by atoms with van der Waals surface area (Å²) in [5.74, 6) is 0.509. The maximum atomic E-state index is 13.1. The standard InChI is InChI=1S/C33H33O5P/c1-20-16-22(3)30(23(4)17-20)32(34)26-8-12-28(13-9-26)37-39(7,36)38-29-14-10-27(11-15-29)33(35)31-24(5)18-21(2)19-25(31)6/h8-19H,1-7H3. The van der Waals surface area contributed by atoms with Crippen molar-refractivity contribution < 1.29 is 23.2 Å². The summed E-state index contributed by atoms with van der Waals surface area (Å²) < 4.78 is 24.4. The van der Waals surface area contributed by atoms with Crippen LogP contribution in [0, 0.1) is 41.5 Å². The maximum absolute atomic E-state index is 13.1. The number of carbonyl (C=O) groups excluding carboxylic acids is 2. The summed E-state index contributed by atoms with van der Waals surface area (Å²) in [6, 6.07) is 21.1. The highest BCUT2D eigenvalue weighted by Crippen LogP contribution is 2.45. The Hall–Kier alpha value is -3.95. The molecule has 0 atom stereocenters. The number of rotatable bonds is 8. The van der Waals surface area contributed by atoms with Crippen LogP contribution in [0.2, 0.25) is 0 Å². The molecule has 4 aromatic rings. The number of aryl methyl sites for hydroxylation is 6. The zero-order chi connectivity index (χ0) is 28.5. The number of benzene rings is 4. The molecule has 0 aliphatic heterocycles. The van der Waals surface area contributed by atoms with Gasteiger partial charge in [0.1, 0.15) is 11.5 Å². The first-order valence-corrected chi connectivity index (χ1v) is 14.8. The lowest BCUT2D eigenvalue weighted by atomic mass is 9.93. The highest BCUT2D eigenvalue weighted by atomic mass is 31.2. The van der Waals surface area contributed by atoms with Crippen molar-refractivity contribution in [1.29, 1.82) is 0 Å². The minimum Gasteiger partial charge on any atom is -0.416 e. The molecule has 39 heavy (non-hydrogen) atoms. The largest absolute Gasteiger partial charge is 0.427 e. The van der Waals surface area contributed by atoms with E-state index in [2.05, 4.69) is 0 Å². The Balaban J connectivity index is 1.44. The highest BCUT2D eigenvalue weighted by molar-refractivity contribution is 7.53. The van der Waals surface area contributed by atoms with E-state index in [0.29, 0.717) is 33.8 Å². The molecular weight excluding hydrogens is 507 g/mol. The first-order chi connectivity index (χ1) is 18.3. The van der Waals surface area contributed by atoms with Crippen LogP contribution in [0.15, 0.2) is 72.8 Å². The van der Waals surface area contributed by atoms with E-state index in [1.165, 1.54) is 6.66 Å². The van der Waals surface area contributed by atoms with Crippen molar-refractivity contribution >= 4 is 19.2 Å². The third kappa shape index (κ3) is 6.38. The van der Waals surface area contributed by atoms with Gasteiger partial charge in [-0.2, -0.15) is 0 Å². The van der Waals surface area contributed by atoms with E-state index in [9.17, 15) is 14.2 Å². The van der Waals surface area contributed by atoms with Crippen LogP contribution < -0.4 is 9.05 Å². The lowest BCUT2D eigenvalue weighted by molar-refractivity contribution is 0.102. The molecule has 4 rings (SSSR count). The monoisotopic (exact) mass is 540 g/mol. The summed E-state index contributed by atoms with van der Waals surface area (Å²) in [5, 5.41) is 0. The topological polar surface area (TPSA) is 69.7 Å². The smallest absolute Gasteiger partial charge is 0.416 e. The zero-order valence-corrected chi connectivity index (χ0v) is 24.3. The van der Waals surface area contributed by atoms with Crippen molar-refractivity contribution in [3.63, 3.8) is 0 Å². The Morgan fingerprint density at radius 1 is 0.538 bits per heavy atom. The lowest BCUT2D eigenvalue weighted by Gasteiger charge is -2.17. The number of carbonyl (C=O) groups is 2. The van der Waals surface area contributed by atoms with Gasteiger partial charge in [0, 0.05) is 22.3 Å². The average Bonchev–Trinajstić information content (AvgIpc) is 2.83. The minimum absolute atomic E-state index is 0.0712. The molecule has 0 unspecified atom stereocenters. The summed E-state index contributed by atoms with van der Waals surface area (Å²) in [7, 11) is -3.54. The summed E-state index contributed by atoms with van der Waals surface area (Å²) in [4.78, 5) is 26.2. The van der Waals surface area contributed by atoms with Crippen LogP contribution in [-0.2, 0) is 4.57 Å². The Kier molecular flexibility index (Phi) is 7.94. The second kappa shape index (κ2) is 11.0. The molecule has 0 saturated carbocycles. The van der Waals surface area contributed by atoms with Crippen LogP contribution in [-0.4, -0.2) is 18.2 Å². The van der Waals surface area contributed by atoms with Crippen molar-refractivity contribution in [2.45, 2.75) is 41.5 Å². The molecule has 0 aliphatic carbocycles. The van der Waals surface area contributed by atoms with Crippen LogP contribution in [0.25, 0.3) is 0 Å². The predicted octanol–water partition coefficient (Wildman–Crippen LogP) is 8.28. The second-order valence-electron chi connectivity index (χ2n) is 10.2. The molecular formula is C33H33O5P. The summed E-state index contributed by atoms with van der Waals surface area (Å²) in [6.07, 6.45) is 0. The summed E-state index contributed by atoms with van der Waals surface area (Å²) in [6.45, 7) is 13.1. The van der Waals surface area contributed by atoms with E-state index in [1.807, 2.05) is 65.8 Å². The van der Waals surface area contributed by atoms with Gasteiger partial charge >= 0.3 is 7.60 Å². The van der Waals surface area contributed by atoms with Gasteiger partial charge in [0.2, 0.25) is 0 Å². The lowest BCUT2D eigenvalue weighted by Crippen LogP contribution is -2.07. The molecule has 4 aromatic carbocycles. The summed E-state index contributed by atoms with van der Waals surface area (Å²) in [5.41, 5.74) is 8.36. The maximum Gasteiger partial charge on any atom is 0.427 e. The number of hydrogen-bond acceptors (Lipinski definition) is 5. The van der Waals surface area contributed by atoms with Crippen LogP contribution in [0.3, 0.4) is 0 Å². The van der Waals surface area contributed by atoms with Gasteiger partial charge in [0.25, 0.3) is 0 Å². The third-order valence-corrected chi connectivity index (χ3v) is 7.67. The normalized spacial score (nSPS) is 11.3. The molecule has 200 valence electrons. The Bertz CT molecular complexity index is 1450. The first-order valence-electron chi connectivity index (χ1n) is 12.8. The van der Waals surface area contributed by atoms with Gasteiger partial charge in [-0.1, -0.05) is 35.4 Å². The SMILES string of the molecule is Cc1cc(C)c(C(=O)c2ccc(OP(C)(=O)Oc3ccc(C(=O)c4c(C)cc(C)cc4C)cc3)cc2)c(C)c1. The quantitative estimate of drug-likeness (QED) is 0.166.